The Hall–Kier alpha value is -2.55. The van der Waals surface area contributed by atoms with Gasteiger partial charge in [-0.2, -0.15) is 0 Å². The summed E-state index contributed by atoms with van der Waals surface area (Å²) in [4.78, 5) is 4.17. The van der Waals surface area contributed by atoms with Crippen molar-refractivity contribution in [1.29, 1.82) is 0 Å². The normalized spacial score (nSPS) is 14.3. The van der Waals surface area contributed by atoms with Gasteiger partial charge in [0.05, 0.1) is 0 Å². The van der Waals surface area contributed by atoms with Gasteiger partial charge in [-0.05, 0) is 42.2 Å². The highest BCUT2D eigenvalue weighted by molar-refractivity contribution is 6.00. The number of nitrogens with zero attached hydrogens (tertiary/aromatic N) is 1. The van der Waals surface area contributed by atoms with Gasteiger partial charge < -0.3 is 11.1 Å². The number of rotatable bonds is 2. The monoisotopic (exact) mass is 275 g/mol. The van der Waals surface area contributed by atoms with Crippen LogP contribution in [0, 0.1) is 0 Å². The lowest BCUT2D eigenvalue weighted by Crippen LogP contribution is -2.19. The molecular weight excluding hydrogens is 258 g/mol. The molecule has 0 saturated heterocycles. The zero-order chi connectivity index (χ0) is 14.2. The van der Waals surface area contributed by atoms with Crippen LogP contribution in [-0.2, 0) is 12.8 Å². The van der Waals surface area contributed by atoms with Gasteiger partial charge in [-0.3, -0.25) is 4.98 Å². The third-order valence-corrected chi connectivity index (χ3v) is 4.26. The average Bonchev–Trinajstić information content (AvgIpc) is 2.93. The van der Waals surface area contributed by atoms with Crippen LogP contribution in [0.4, 0.5) is 11.4 Å². The predicted molar refractivity (Wildman–Crippen MR) is 87.4 cm³/mol. The molecule has 3 heteroatoms. The molecule has 0 aliphatic heterocycles. The fraction of sp³-hybridized carbons (Fsp3) is 0.167. The van der Waals surface area contributed by atoms with Gasteiger partial charge in [0.25, 0.3) is 0 Å². The van der Waals surface area contributed by atoms with Crippen LogP contribution in [0.5, 0.6) is 0 Å². The molecule has 3 N–H and O–H groups in total. The van der Waals surface area contributed by atoms with Crippen molar-refractivity contribution in [2.75, 3.05) is 11.1 Å². The molecule has 1 heterocycles. The van der Waals surface area contributed by atoms with E-state index in [9.17, 15) is 0 Å². The van der Waals surface area contributed by atoms with E-state index in [1.54, 1.807) is 0 Å². The molecule has 0 unspecified atom stereocenters. The Bertz CT molecular complexity index is 785. The lowest BCUT2D eigenvalue weighted by atomic mass is 10.1. The first-order chi connectivity index (χ1) is 10.3. The second kappa shape index (κ2) is 4.77. The number of hydrogen-bond acceptors (Lipinski definition) is 3. The maximum absolute atomic E-state index is 6.03. The smallest absolute Gasteiger partial charge is 0.0424 e. The number of nitrogen functional groups attached to an aromatic ring is 1. The van der Waals surface area contributed by atoms with Gasteiger partial charge in [-0.25, -0.2) is 0 Å². The number of fused-ring (bicyclic) bond motifs is 2. The minimum atomic E-state index is 0.447. The second-order valence-electron chi connectivity index (χ2n) is 5.64. The van der Waals surface area contributed by atoms with E-state index in [2.05, 4.69) is 40.6 Å². The number of pyridine rings is 1. The first-order valence-electron chi connectivity index (χ1n) is 7.27. The lowest BCUT2D eigenvalue weighted by molar-refractivity contribution is 0.775. The van der Waals surface area contributed by atoms with Gasteiger partial charge in [0.2, 0.25) is 0 Å². The third kappa shape index (κ3) is 2.11. The number of anilines is 2. The highest BCUT2D eigenvalue weighted by Gasteiger charge is 2.21. The maximum Gasteiger partial charge on any atom is 0.0424 e. The molecule has 3 aromatic rings. The summed E-state index contributed by atoms with van der Waals surface area (Å²) in [6.07, 6.45) is 5.80. The topological polar surface area (TPSA) is 50.9 Å². The number of nitrogens with one attached hydrogen (secondary N) is 1. The molecule has 2 aromatic carbocycles. The standard InChI is InChI=1S/C18H17N3/c19-17-5-6-18(15-7-8-20-11-16(15)17)21-14-9-12-3-1-2-4-13(12)10-14/h1-8,11,14,21H,9-10,19H2. The molecule has 3 nitrogen and oxygen atoms in total. The van der Waals surface area contributed by atoms with Crippen molar-refractivity contribution in [3.63, 3.8) is 0 Å². The molecule has 1 aromatic heterocycles. The van der Waals surface area contributed by atoms with Crippen LogP contribution in [-0.4, -0.2) is 11.0 Å². The van der Waals surface area contributed by atoms with Crippen LogP contribution >= 0.6 is 0 Å². The minimum absolute atomic E-state index is 0.447. The van der Waals surface area contributed by atoms with E-state index in [1.807, 2.05) is 24.5 Å². The Morgan fingerprint density at radius 1 is 0.952 bits per heavy atom. The first kappa shape index (κ1) is 12.2. The van der Waals surface area contributed by atoms with E-state index in [4.69, 9.17) is 5.73 Å². The molecule has 0 spiro atoms. The molecule has 4 rings (SSSR count). The van der Waals surface area contributed by atoms with Crippen molar-refractivity contribution in [2.24, 2.45) is 0 Å². The summed E-state index contributed by atoms with van der Waals surface area (Å²) in [6, 6.07) is 15.2. The summed E-state index contributed by atoms with van der Waals surface area (Å²) in [7, 11) is 0. The summed E-state index contributed by atoms with van der Waals surface area (Å²) in [5.74, 6) is 0. The molecule has 104 valence electrons. The average molecular weight is 275 g/mol. The SMILES string of the molecule is Nc1ccc(NC2Cc3ccccc3C2)c2ccncc12. The summed E-state index contributed by atoms with van der Waals surface area (Å²) in [5.41, 5.74) is 10.9. The third-order valence-electron chi connectivity index (χ3n) is 4.26. The van der Waals surface area contributed by atoms with Crippen LogP contribution in [0.2, 0.25) is 0 Å². The number of aromatic nitrogens is 1. The van der Waals surface area contributed by atoms with E-state index in [0.29, 0.717) is 6.04 Å². The quantitative estimate of drug-likeness (QED) is 0.705. The van der Waals surface area contributed by atoms with Crippen molar-refractivity contribution in [1.82, 2.24) is 4.98 Å². The van der Waals surface area contributed by atoms with Crippen LogP contribution in [0.15, 0.2) is 54.9 Å². The van der Waals surface area contributed by atoms with Gasteiger partial charge >= 0.3 is 0 Å². The Balaban J connectivity index is 1.66. The summed E-state index contributed by atoms with van der Waals surface area (Å²) in [5, 5.41) is 5.83. The fourth-order valence-corrected chi connectivity index (χ4v) is 3.22. The Morgan fingerprint density at radius 2 is 1.71 bits per heavy atom. The van der Waals surface area contributed by atoms with Crippen molar-refractivity contribution in [3.8, 4) is 0 Å². The molecule has 1 aliphatic rings. The molecule has 0 bridgehead atoms. The van der Waals surface area contributed by atoms with Gasteiger partial charge in [0.1, 0.15) is 0 Å². The second-order valence-corrected chi connectivity index (χ2v) is 5.64. The van der Waals surface area contributed by atoms with E-state index < -0.39 is 0 Å². The summed E-state index contributed by atoms with van der Waals surface area (Å²) in [6.45, 7) is 0. The van der Waals surface area contributed by atoms with Crippen LogP contribution in [0.3, 0.4) is 0 Å². The highest BCUT2D eigenvalue weighted by Crippen LogP contribution is 2.30. The van der Waals surface area contributed by atoms with Crippen LogP contribution in [0.1, 0.15) is 11.1 Å². The van der Waals surface area contributed by atoms with Crippen molar-refractivity contribution < 1.29 is 0 Å². The number of nitrogens with two attached hydrogens (primary N) is 1. The summed E-state index contributed by atoms with van der Waals surface area (Å²) >= 11 is 0. The number of hydrogen-bond donors (Lipinski definition) is 2. The molecule has 0 saturated carbocycles. The van der Waals surface area contributed by atoms with Gasteiger partial charge in [-0.15, -0.1) is 0 Å². The van der Waals surface area contributed by atoms with E-state index in [1.165, 1.54) is 11.1 Å². The molecular formula is C18H17N3. The molecule has 0 amide bonds. The minimum Gasteiger partial charge on any atom is -0.398 e. The van der Waals surface area contributed by atoms with Gasteiger partial charge in [0, 0.05) is 40.6 Å². The molecule has 0 atom stereocenters. The fourth-order valence-electron chi connectivity index (χ4n) is 3.22. The van der Waals surface area contributed by atoms with Crippen molar-refractivity contribution in [3.05, 3.63) is 66.0 Å². The Kier molecular flexibility index (Phi) is 2.78. The molecule has 0 radical (unpaired) electrons. The first-order valence-corrected chi connectivity index (χ1v) is 7.27. The van der Waals surface area contributed by atoms with Gasteiger partial charge in [-0.1, -0.05) is 24.3 Å². The maximum atomic E-state index is 6.03. The van der Waals surface area contributed by atoms with E-state index in [-0.39, 0.29) is 0 Å². The number of benzene rings is 2. The van der Waals surface area contributed by atoms with Crippen molar-refractivity contribution >= 4 is 22.1 Å². The van der Waals surface area contributed by atoms with Gasteiger partial charge in [0.15, 0.2) is 0 Å². The van der Waals surface area contributed by atoms with Crippen molar-refractivity contribution in [2.45, 2.75) is 18.9 Å². The highest BCUT2D eigenvalue weighted by atomic mass is 14.9. The Morgan fingerprint density at radius 3 is 2.48 bits per heavy atom. The van der Waals surface area contributed by atoms with E-state index >= 15 is 0 Å². The Labute approximate surface area is 123 Å². The zero-order valence-corrected chi connectivity index (χ0v) is 11.7. The molecule has 0 fully saturated rings. The zero-order valence-electron chi connectivity index (χ0n) is 11.7. The van der Waals surface area contributed by atoms with Crippen LogP contribution < -0.4 is 11.1 Å². The lowest BCUT2D eigenvalue weighted by Gasteiger charge is -2.16. The largest absolute Gasteiger partial charge is 0.398 e. The predicted octanol–water partition coefficient (Wildman–Crippen LogP) is 3.40. The van der Waals surface area contributed by atoms with Crippen LogP contribution in [0.25, 0.3) is 10.8 Å². The molecule has 21 heavy (non-hydrogen) atoms. The molecule has 1 aliphatic carbocycles. The van der Waals surface area contributed by atoms with E-state index in [0.717, 1.165) is 35.0 Å². The summed E-state index contributed by atoms with van der Waals surface area (Å²) < 4.78 is 0.